The monoisotopic (exact) mass is 300 g/mol. The third kappa shape index (κ3) is 3.51. The van der Waals surface area contributed by atoms with Crippen molar-refractivity contribution in [2.45, 2.75) is 18.9 Å². The van der Waals surface area contributed by atoms with Crippen LogP contribution in [0.1, 0.15) is 12.0 Å². The van der Waals surface area contributed by atoms with Crippen LogP contribution in [0.15, 0.2) is 22.7 Å². The van der Waals surface area contributed by atoms with Gasteiger partial charge in [0.15, 0.2) is 0 Å². The highest BCUT2D eigenvalue weighted by Crippen LogP contribution is 2.17. The highest BCUT2D eigenvalue weighted by molar-refractivity contribution is 9.10. The molecule has 3 nitrogen and oxygen atoms in total. The van der Waals surface area contributed by atoms with E-state index in [4.69, 9.17) is 0 Å². The van der Waals surface area contributed by atoms with Crippen molar-refractivity contribution in [3.8, 4) is 0 Å². The molecule has 0 aliphatic carbocycles. The van der Waals surface area contributed by atoms with Gasteiger partial charge >= 0.3 is 0 Å². The van der Waals surface area contributed by atoms with Crippen molar-refractivity contribution in [2.24, 2.45) is 0 Å². The molecule has 1 aliphatic rings. The molecule has 2 N–H and O–H groups in total. The topological polar surface area (TPSA) is 41.1 Å². The fourth-order valence-electron chi connectivity index (χ4n) is 1.89. The molecule has 0 bridgehead atoms. The molecular formula is C12H14BrFN2O. The van der Waals surface area contributed by atoms with Crippen molar-refractivity contribution >= 4 is 21.8 Å². The van der Waals surface area contributed by atoms with Crippen molar-refractivity contribution in [3.05, 3.63) is 34.1 Å². The van der Waals surface area contributed by atoms with Crippen LogP contribution in [0.3, 0.4) is 0 Å². The third-order valence-electron chi connectivity index (χ3n) is 2.77. The second-order valence-electron chi connectivity index (χ2n) is 4.18. The first-order chi connectivity index (χ1) is 8.15. The molecule has 1 amide bonds. The van der Waals surface area contributed by atoms with Crippen molar-refractivity contribution in [1.82, 2.24) is 10.6 Å². The second-order valence-corrected chi connectivity index (χ2v) is 5.04. The van der Waals surface area contributed by atoms with E-state index in [1.807, 2.05) is 0 Å². The fraction of sp³-hybridized carbons (Fsp3) is 0.417. The maximum atomic E-state index is 13.0. The van der Waals surface area contributed by atoms with Crippen LogP contribution in [0.4, 0.5) is 4.39 Å². The van der Waals surface area contributed by atoms with Crippen LogP contribution in [-0.2, 0) is 11.2 Å². The molecule has 1 aromatic carbocycles. The van der Waals surface area contributed by atoms with E-state index in [9.17, 15) is 9.18 Å². The Morgan fingerprint density at radius 2 is 2.41 bits per heavy atom. The Balaban J connectivity index is 1.90. The van der Waals surface area contributed by atoms with E-state index in [-0.39, 0.29) is 24.2 Å². The average Bonchev–Trinajstić information content (AvgIpc) is 2.76. The van der Waals surface area contributed by atoms with Crippen LogP contribution in [-0.4, -0.2) is 25.0 Å². The molecule has 1 heterocycles. The summed E-state index contributed by atoms with van der Waals surface area (Å²) < 4.78 is 13.4. The summed E-state index contributed by atoms with van der Waals surface area (Å²) in [6, 6.07) is 4.87. The number of hydrogen-bond donors (Lipinski definition) is 2. The molecule has 1 fully saturated rings. The van der Waals surface area contributed by atoms with Gasteiger partial charge < -0.3 is 10.6 Å². The van der Waals surface area contributed by atoms with Gasteiger partial charge in [-0.1, -0.05) is 6.07 Å². The average molecular weight is 301 g/mol. The van der Waals surface area contributed by atoms with Gasteiger partial charge in [0.2, 0.25) is 5.91 Å². The van der Waals surface area contributed by atoms with E-state index < -0.39 is 0 Å². The van der Waals surface area contributed by atoms with Crippen molar-refractivity contribution in [2.75, 3.05) is 13.1 Å². The molecule has 1 atom stereocenters. The molecule has 0 aromatic heterocycles. The minimum atomic E-state index is -0.311. The van der Waals surface area contributed by atoms with E-state index in [1.165, 1.54) is 6.07 Å². The molecule has 0 spiro atoms. The molecule has 1 unspecified atom stereocenters. The number of halogens is 2. The highest BCUT2D eigenvalue weighted by atomic mass is 79.9. The standard InChI is InChI=1S/C12H14BrFN2O/c13-10-5-8(1-2-11(10)14)6-12(17)16-9-3-4-15-7-9/h1-2,5,9,15H,3-4,6-7H2,(H,16,17). The highest BCUT2D eigenvalue weighted by Gasteiger charge is 2.16. The number of benzene rings is 1. The Kier molecular flexibility index (Phi) is 4.12. The minimum Gasteiger partial charge on any atom is -0.352 e. The zero-order chi connectivity index (χ0) is 12.3. The molecule has 17 heavy (non-hydrogen) atoms. The quantitative estimate of drug-likeness (QED) is 0.890. The number of carbonyl (C=O) groups is 1. The van der Waals surface area contributed by atoms with Gasteiger partial charge in [0.25, 0.3) is 0 Å². The fourth-order valence-corrected chi connectivity index (χ4v) is 2.32. The molecule has 1 aromatic rings. The molecule has 1 saturated heterocycles. The zero-order valence-corrected chi connectivity index (χ0v) is 10.9. The summed E-state index contributed by atoms with van der Waals surface area (Å²) in [5.41, 5.74) is 0.807. The van der Waals surface area contributed by atoms with Gasteiger partial charge in [-0.3, -0.25) is 4.79 Å². The van der Waals surface area contributed by atoms with Crippen LogP contribution in [0, 0.1) is 5.82 Å². The molecule has 0 saturated carbocycles. The van der Waals surface area contributed by atoms with E-state index in [0.29, 0.717) is 4.47 Å². The molecule has 92 valence electrons. The maximum absolute atomic E-state index is 13.0. The van der Waals surface area contributed by atoms with Crippen LogP contribution >= 0.6 is 15.9 Å². The first-order valence-corrected chi connectivity index (χ1v) is 6.38. The van der Waals surface area contributed by atoms with Gasteiger partial charge in [-0.05, 0) is 46.6 Å². The van der Waals surface area contributed by atoms with Gasteiger partial charge in [0, 0.05) is 12.6 Å². The number of hydrogen-bond acceptors (Lipinski definition) is 2. The van der Waals surface area contributed by atoms with E-state index in [1.54, 1.807) is 12.1 Å². The summed E-state index contributed by atoms with van der Waals surface area (Å²) in [5, 5.41) is 6.14. The Morgan fingerprint density at radius 3 is 3.06 bits per heavy atom. The SMILES string of the molecule is O=C(Cc1ccc(F)c(Br)c1)NC1CCNC1. The molecule has 0 radical (unpaired) electrons. The lowest BCUT2D eigenvalue weighted by Gasteiger charge is -2.11. The number of rotatable bonds is 3. The van der Waals surface area contributed by atoms with Crippen molar-refractivity contribution < 1.29 is 9.18 Å². The predicted molar refractivity (Wildman–Crippen MR) is 67.2 cm³/mol. The molecular weight excluding hydrogens is 287 g/mol. The summed E-state index contributed by atoms with van der Waals surface area (Å²) in [7, 11) is 0. The van der Waals surface area contributed by atoms with Crippen molar-refractivity contribution in [3.63, 3.8) is 0 Å². The van der Waals surface area contributed by atoms with E-state index in [0.717, 1.165) is 25.1 Å². The zero-order valence-electron chi connectivity index (χ0n) is 9.30. The molecule has 5 heteroatoms. The van der Waals surface area contributed by atoms with Crippen molar-refractivity contribution in [1.29, 1.82) is 0 Å². The lowest BCUT2D eigenvalue weighted by atomic mass is 10.1. The van der Waals surface area contributed by atoms with Gasteiger partial charge in [-0.25, -0.2) is 4.39 Å². The van der Waals surface area contributed by atoms with E-state index in [2.05, 4.69) is 26.6 Å². The minimum absolute atomic E-state index is 0.0165. The summed E-state index contributed by atoms with van der Waals surface area (Å²) >= 11 is 3.11. The van der Waals surface area contributed by atoms with Gasteiger partial charge in [-0.2, -0.15) is 0 Å². The van der Waals surface area contributed by atoms with Crippen LogP contribution in [0.5, 0.6) is 0 Å². The Bertz CT molecular complexity index is 419. The lowest BCUT2D eigenvalue weighted by molar-refractivity contribution is -0.121. The summed E-state index contributed by atoms with van der Waals surface area (Å²) in [6.45, 7) is 1.78. The third-order valence-corrected chi connectivity index (χ3v) is 3.38. The smallest absolute Gasteiger partial charge is 0.224 e. The summed E-state index contributed by atoms with van der Waals surface area (Å²) in [6.07, 6.45) is 1.26. The Labute approximate surface area is 108 Å². The first kappa shape index (κ1) is 12.5. The Morgan fingerprint density at radius 1 is 1.59 bits per heavy atom. The Hall–Kier alpha value is -0.940. The lowest BCUT2D eigenvalue weighted by Crippen LogP contribution is -2.37. The normalized spacial score (nSPS) is 19.3. The van der Waals surface area contributed by atoms with Crippen LogP contribution < -0.4 is 10.6 Å². The van der Waals surface area contributed by atoms with Gasteiger partial charge in [0.1, 0.15) is 5.82 Å². The van der Waals surface area contributed by atoms with Gasteiger partial charge in [0.05, 0.1) is 10.9 Å². The summed E-state index contributed by atoms with van der Waals surface area (Å²) in [4.78, 5) is 11.7. The molecule has 1 aliphatic heterocycles. The van der Waals surface area contributed by atoms with Gasteiger partial charge in [-0.15, -0.1) is 0 Å². The first-order valence-electron chi connectivity index (χ1n) is 5.59. The number of nitrogens with one attached hydrogen (secondary N) is 2. The van der Waals surface area contributed by atoms with E-state index >= 15 is 0 Å². The number of carbonyl (C=O) groups excluding carboxylic acids is 1. The maximum Gasteiger partial charge on any atom is 0.224 e. The predicted octanol–water partition coefficient (Wildman–Crippen LogP) is 1.61. The second kappa shape index (κ2) is 5.60. The van der Waals surface area contributed by atoms with Crippen LogP contribution in [0.2, 0.25) is 0 Å². The largest absolute Gasteiger partial charge is 0.352 e. The summed E-state index contributed by atoms with van der Waals surface area (Å²) in [5.74, 6) is -0.327. The number of amides is 1. The van der Waals surface area contributed by atoms with Crippen LogP contribution in [0.25, 0.3) is 0 Å². The molecule has 2 rings (SSSR count).